The first-order valence-electron chi connectivity index (χ1n) is 10.6. The van der Waals surface area contributed by atoms with E-state index in [0.29, 0.717) is 12.1 Å². The molecule has 0 fully saturated rings. The lowest BCUT2D eigenvalue weighted by Gasteiger charge is -2.19. The molecule has 12 heteroatoms. The fourth-order valence-corrected chi connectivity index (χ4v) is 4.08. The van der Waals surface area contributed by atoms with Gasteiger partial charge in [0.25, 0.3) is 11.8 Å². The summed E-state index contributed by atoms with van der Waals surface area (Å²) >= 11 is 6.23. The summed E-state index contributed by atoms with van der Waals surface area (Å²) in [5.41, 5.74) is -1.87. The number of hydrogen-bond donors (Lipinski definition) is 2. The third kappa shape index (κ3) is 5.34. The maximum Gasteiger partial charge on any atom is 0.416 e. The third-order valence-corrected chi connectivity index (χ3v) is 5.81. The van der Waals surface area contributed by atoms with E-state index in [1.807, 2.05) is 6.07 Å². The van der Waals surface area contributed by atoms with Crippen molar-refractivity contribution in [2.45, 2.75) is 25.2 Å². The Kier molecular flexibility index (Phi) is 6.80. The molecule has 0 spiro atoms. The number of benzene rings is 3. The first-order chi connectivity index (χ1) is 17.4. The quantitative estimate of drug-likeness (QED) is 0.391. The Morgan fingerprint density at radius 2 is 1.86 bits per heavy atom. The van der Waals surface area contributed by atoms with Crippen molar-refractivity contribution in [3.63, 3.8) is 0 Å². The molecule has 37 heavy (non-hydrogen) atoms. The van der Waals surface area contributed by atoms with E-state index in [1.165, 1.54) is 25.1 Å². The number of alkyl halides is 3. The molecule has 6 nitrogen and oxygen atoms in total. The van der Waals surface area contributed by atoms with Gasteiger partial charge < -0.3 is 15.4 Å². The van der Waals surface area contributed by atoms with Crippen LogP contribution in [0, 0.1) is 23.0 Å². The van der Waals surface area contributed by atoms with Crippen LogP contribution in [0.2, 0.25) is 5.02 Å². The maximum atomic E-state index is 14.0. The predicted molar refractivity (Wildman–Crippen MR) is 122 cm³/mol. The van der Waals surface area contributed by atoms with Gasteiger partial charge in [-0.25, -0.2) is 8.78 Å². The molecular weight excluding hydrogens is 521 g/mol. The molecule has 1 heterocycles. The number of nitrogens with one attached hydrogen (secondary N) is 2. The van der Waals surface area contributed by atoms with Crippen LogP contribution in [0.4, 0.5) is 27.6 Å². The summed E-state index contributed by atoms with van der Waals surface area (Å²) in [6, 6.07) is 8.12. The van der Waals surface area contributed by atoms with Gasteiger partial charge in [-0.3, -0.25) is 9.59 Å². The van der Waals surface area contributed by atoms with Gasteiger partial charge in [0.1, 0.15) is 23.5 Å². The number of carbonyl (C=O) groups excluding carboxylic acids is 2. The summed E-state index contributed by atoms with van der Waals surface area (Å²) in [5.74, 6) is -3.72. The Morgan fingerprint density at radius 1 is 1.14 bits per heavy atom. The molecule has 0 unspecified atom stereocenters. The Morgan fingerprint density at radius 3 is 2.54 bits per heavy atom. The minimum atomic E-state index is -4.91. The number of nitriles is 1. The smallest absolute Gasteiger partial charge is 0.416 e. The molecule has 0 bridgehead atoms. The number of carbonyl (C=O) groups is 2. The average molecular weight is 536 g/mol. The lowest BCUT2D eigenvalue weighted by atomic mass is 9.95. The zero-order chi connectivity index (χ0) is 27.1. The molecule has 2 amide bonds. The summed E-state index contributed by atoms with van der Waals surface area (Å²) in [7, 11) is 0. The van der Waals surface area contributed by atoms with Gasteiger partial charge in [0, 0.05) is 27.8 Å². The first-order valence-corrected chi connectivity index (χ1v) is 10.9. The lowest BCUT2D eigenvalue weighted by molar-refractivity contribution is -0.137. The third-order valence-electron chi connectivity index (χ3n) is 5.46. The largest absolute Gasteiger partial charge is 0.476 e. The molecule has 3 aromatic carbocycles. The summed E-state index contributed by atoms with van der Waals surface area (Å²) < 4.78 is 72.8. The number of fused-ring (bicyclic) bond motifs is 1. The fourth-order valence-electron chi connectivity index (χ4n) is 3.86. The number of rotatable bonds is 5. The number of halogens is 6. The van der Waals surface area contributed by atoms with Crippen LogP contribution in [0.25, 0.3) is 0 Å². The van der Waals surface area contributed by atoms with E-state index in [0.717, 1.165) is 12.1 Å². The summed E-state index contributed by atoms with van der Waals surface area (Å²) in [6.07, 6.45) is -5.87. The summed E-state index contributed by atoms with van der Waals surface area (Å²) in [4.78, 5) is 25.8. The van der Waals surface area contributed by atoms with Gasteiger partial charge in [0.2, 0.25) is 0 Å². The van der Waals surface area contributed by atoms with Crippen molar-refractivity contribution < 1.29 is 36.3 Å². The SMILES string of the molecule is C[C@H](C#N)Oc1cc(NC(=O)c2cc(F)cc(C(F)(F)F)c2)c2c(c1)C(=O)N[C@H]2c1cc(F)ccc1Cl. The molecule has 1 aliphatic heterocycles. The van der Waals surface area contributed by atoms with E-state index < -0.39 is 52.9 Å². The second-order valence-corrected chi connectivity index (χ2v) is 8.48. The van der Waals surface area contributed by atoms with Crippen molar-refractivity contribution in [1.29, 1.82) is 5.26 Å². The zero-order valence-electron chi connectivity index (χ0n) is 18.7. The molecule has 0 saturated carbocycles. The molecule has 1 aliphatic rings. The fraction of sp³-hybridized carbons (Fsp3) is 0.160. The number of nitrogens with zero attached hydrogens (tertiary/aromatic N) is 1. The second kappa shape index (κ2) is 9.71. The normalized spacial score (nSPS) is 15.4. The highest BCUT2D eigenvalue weighted by Crippen LogP contribution is 2.42. The van der Waals surface area contributed by atoms with Crippen molar-refractivity contribution in [1.82, 2.24) is 5.32 Å². The molecular formula is C25H15ClF5N3O3. The predicted octanol–water partition coefficient (Wildman–Crippen LogP) is 6.01. The first kappa shape index (κ1) is 25.9. The van der Waals surface area contributed by atoms with Crippen LogP contribution in [-0.2, 0) is 6.18 Å². The summed E-state index contributed by atoms with van der Waals surface area (Å²) in [5, 5.41) is 14.2. The monoisotopic (exact) mass is 535 g/mol. The highest BCUT2D eigenvalue weighted by atomic mass is 35.5. The molecule has 2 atom stereocenters. The van der Waals surface area contributed by atoms with Gasteiger partial charge in [-0.1, -0.05) is 11.6 Å². The van der Waals surface area contributed by atoms with Gasteiger partial charge in [-0.05, 0) is 49.4 Å². The second-order valence-electron chi connectivity index (χ2n) is 8.07. The standard InChI is InChI=1S/C25H15ClF5N3O3/c1-11(10-32)37-16-8-18-21(22(34-24(18)36)17-7-14(27)2-3-19(17)26)20(9-16)33-23(35)12-4-13(25(29,30)31)6-15(28)5-12/h2-9,11,22H,1H3,(H,33,35)(H,34,36)/t11-,22+/m1/s1. The van der Waals surface area contributed by atoms with Gasteiger partial charge in [-0.15, -0.1) is 0 Å². The molecule has 3 aromatic rings. The van der Waals surface area contributed by atoms with Crippen molar-refractivity contribution in [3.05, 3.63) is 93.0 Å². The van der Waals surface area contributed by atoms with Crippen LogP contribution in [0.5, 0.6) is 5.75 Å². The number of anilines is 1. The molecule has 0 aromatic heterocycles. The van der Waals surface area contributed by atoms with Crippen LogP contribution >= 0.6 is 11.6 Å². The van der Waals surface area contributed by atoms with E-state index in [1.54, 1.807) is 0 Å². The van der Waals surface area contributed by atoms with Gasteiger partial charge in [-0.2, -0.15) is 18.4 Å². The highest BCUT2D eigenvalue weighted by Gasteiger charge is 2.36. The van der Waals surface area contributed by atoms with Crippen LogP contribution in [-0.4, -0.2) is 17.9 Å². The minimum absolute atomic E-state index is 0.0144. The maximum absolute atomic E-state index is 14.0. The van der Waals surface area contributed by atoms with Gasteiger partial charge in [0.05, 0.1) is 22.9 Å². The van der Waals surface area contributed by atoms with E-state index in [9.17, 15) is 31.5 Å². The average Bonchev–Trinajstić information content (AvgIpc) is 3.16. The Balaban J connectivity index is 1.84. The summed E-state index contributed by atoms with van der Waals surface area (Å²) in [6.45, 7) is 1.42. The molecule has 0 saturated heterocycles. The van der Waals surface area contributed by atoms with Crippen LogP contribution in [0.3, 0.4) is 0 Å². The van der Waals surface area contributed by atoms with Crippen molar-refractivity contribution in [3.8, 4) is 11.8 Å². The molecule has 0 aliphatic carbocycles. The van der Waals surface area contributed by atoms with Gasteiger partial charge in [0.15, 0.2) is 6.10 Å². The Labute approximate surface area is 211 Å². The van der Waals surface area contributed by atoms with Crippen LogP contribution in [0.1, 0.15) is 50.4 Å². The van der Waals surface area contributed by atoms with Gasteiger partial charge >= 0.3 is 6.18 Å². The Bertz CT molecular complexity index is 1470. The lowest BCUT2D eigenvalue weighted by Crippen LogP contribution is -2.21. The number of ether oxygens (including phenoxy) is 1. The molecule has 190 valence electrons. The van der Waals surface area contributed by atoms with Crippen molar-refractivity contribution >= 4 is 29.1 Å². The van der Waals surface area contributed by atoms with Crippen molar-refractivity contribution in [2.75, 3.05) is 5.32 Å². The minimum Gasteiger partial charge on any atom is -0.476 e. The number of hydrogen-bond acceptors (Lipinski definition) is 4. The number of amides is 2. The van der Waals surface area contributed by atoms with Crippen LogP contribution in [0.15, 0.2) is 48.5 Å². The molecule has 0 radical (unpaired) electrons. The van der Waals surface area contributed by atoms with E-state index in [4.69, 9.17) is 21.6 Å². The van der Waals surface area contributed by atoms with Crippen LogP contribution < -0.4 is 15.4 Å². The van der Waals surface area contributed by atoms with E-state index in [2.05, 4.69) is 10.6 Å². The van der Waals surface area contributed by atoms with E-state index >= 15 is 0 Å². The Hall–Kier alpha value is -4.17. The highest BCUT2D eigenvalue weighted by molar-refractivity contribution is 6.31. The van der Waals surface area contributed by atoms with Crippen molar-refractivity contribution in [2.24, 2.45) is 0 Å². The topological polar surface area (TPSA) is 91.2 Å². The zero-order valence-corrected chi connectivity index (χ0v) is 19.5. The molecule has 2 N–H and O–H groups in total. The molecule has 4 rings (SSSR count). The van der Waals surface area contributed by atoms with E-state index in [-0.39, 0.29) is 39.2 Å².